The summed E-state index contributed by atoms with van der Waals surface area (Å²) in [6.07, 6.45) is 0.992. The molecule has 0 aliphatic heterocycles. The Hall–Kier alpha value is -2.96. The van der Waals surface area contributed by atoms with Gasteiger partial charge in [0, 0.05) is 23.9 Å². The molecule has 1 atom stereocenters. The molecule has 3 aromatic carbocycles. The van der Waals surface area contributed by atoms with Gasteiger partial charge in [-0.1, -0.05) is 54.6 Å². The number of hydrogen-bond acceptors (Lipinski definition) is 3. The average Bonchev–Trinajstić information content (AvgIpc) is 2.82. The van der Waals surface area contributed by atoms with E-state index in [0.29, 0.717) is 23.9 Å². The topological polar surface area (TPSA) is 75.3 Å². The van der Waals surface area contributed by atoms with Crippen molar-refractivity contribution in [1.82, 2.24) is 10.0 Å². The number of fused-ring (bicyclic) bond motifs is 1. The molecule has 164 valence electrons. The second kappa shape index (κ2) is 7.87. The third kappa shape index (κ3) is 3.34. The van der Waals surface area contributed by atoms with Gasteiger partial charge in [-0.05, 0) is 66.3 Å². The van der Waals surface area contributed by atoms with Crippen LogP contribution in [0.2, 0.25) is 0 Å². The standard InChI is InChI=1S/C26H26N2O3S/c1-16-11-12-18(32(30,31)27-2)14-23(16)26(29)28-15-17-13-24-19-7-3-5-9-21(19)25(17)22-10-6-4-8-20(22)24/h3-12,14,17,24-25,27H,13,15H2,1-2H3,(H,28,29)/t17-,24?,25?/m1/s1. The third-order valence-corrected chi connectivity index (χ3v) is 8.39. The second-order valence-electron chi connectivity index (χ2n) is 8.68. The summed E-state index contributed by atoms with van der Waals surface area (Å²) >= 11 is 0. The molecule has 0 spiro atoms. The lowest BCUT2D eigenvalue weighted by atomic mass is 9.59. The maximum absolute atomic E-state index is 13.0. The predicted molar refractivity (Wildman–Crippen MR) is 124 cm³/mol. The van der Waals surface area contributed by atoms with Gasteiger partial charge >= 0.3 is 0 Å². The molecule has 6 rings (SSSR count). The zero-order valence-electron chi connectivity index (χ0n) is 18.1. The summed E-state index contributed by atoms with van der Waals surface area (Å²) in [5, 5.41) is 3.10. The Labute approximate surface area is 188 Å². The predicted octanol–water partition coefficient (Wildman–Crippen LogP) is 3.93. The highest BCUT2D eigenvalue weighted by atomic mass is 32.2. The first kappa shape index (κ1) is 20.9. The van der Waals surface area contributed by atoms with Gasteiger partial charge in [-0.15, -0.1) is 0 Å². The van der Waals surface area contributed by atoms with Crippen molar-refractivity contribution in [2.45, 2.75) is 30.1 Å². The fourth-order valence-electron chi connectivity index (χ4n) is 5.41. The van der Waals surface area contributed by atoms with Crippen LogP contribution in [0.25, 0.3) is 0 Å². The van der Waals surface area contributed by atoms with Gasteiger partial charge in [-0.3, -0.25) is 4.79 Å². The van der Waals surface area contributed by atoms with Gasteiger partial charge in [0.05, 0.1) is 4.90 Å². The van der Waals surface area contributed by atoms with Gasteiger partial charge in [0.15, 0.2) is 0 Å². The van der Waals surface area contributed by atoms with Crippen molar-refractivity contribution in [2.75, 3.05) is 13.6 Å². The van der Waals surface area contributed by atoms with E-state index in [1.165, 1.54) is 41.4 Å². The number of carbonyl (C=O) groups excluding carboxylic acids is 1. The number of sulfonamides is 1. The lowest BCUT2D eigenvalue weighted by molar-refractivity contribution is 0.0942. The summed E-state index contributed by atoms with van der Waals surface area (Å²) in [7, 11) is -2.25. The van der Waals surface area contributed by atoms with E-state index in [1.807, 2.05) is 6.92 Å². The largest absolute Gasteiger partial charge is 0.352 e. The average molecular weight is 447 g/mol. The Kier molecular flexibility index (Phi) is 5.14. The lowest BCUT2D eigenvalue weighted by Gasteiger charge is -2.45. The molecule has 3 aromatic rings. The SMILES string of the molecule is CNS(=O)(=O)c1ccc(C)c(C(=O)NC[C@H]2CC3c4ccccc4C2c2ccccc23)c1. The van der Waals surface area contributed by atoms with E-state index in [4.69, 9.17) is 0 Å². The summed E-state index contributed by atoms with van der Waals surface area (Å²) in [4.78, 5) is 13.1. The highest BCUT2D eigenvalue weighted by molar-refractivity contribution is 7.89. The molecule has 0 unspecified atom stereocenters. The van der Waals surface area contributed by atoms with Gasteiger partial charge in [0.25, 0.3) is 5.91 Å². The number of amides is 1. The summed E-state index contributed by atoms with van der Waals surface area (Å²) in [5.74, 6) is 0.655. The highest BCUT2D eigenvalue weighted by Gasteiger charge is 2.42. The lowest BCUT2D eigenvalue weighted by Crippen LogP contribution is -2.39. The molecule has 3 aliphatic rings. The minimum Gasteiger partial charge on any atom is -0.352 e. The van der Waals surface area contributed by atoms with Gasteiger partial charge in [0.2, 0.25) is 10.0 Å². The number of hydrogen-bond donors (Lipinski definition) is 2. The highest BCUT2D eigenvalue weighted by Crippen LogP contribution is 2.55. The van der Waals surface area contributed by atoms with Crippen LogP contribution in [-0.2, 0) is 10.0 Å². The van der Waals surface area contributed by atoms with Gasteiger partial charge in [0.1, 0.15) is 0 Å². The minimum atomic E-state index is -3.61. The Morgan fingerprint density at radius 2 is 1.53 bits per heavy atom. The molecule has 0 heterocycles. The van der Waals surface area contributed by atoms with Crippen LogP contribution in [0.4, 0.5) is 0 Å². The molecule has 5 nitrogen and oxygen atoms in total. The molecule has 0 saturated carbocycles. The van der Waals surface area contributed by atoms with Crippen molar-refractivity contribution in [2.24, 2.45) is 5.92 Å². The van der Waals surface area contributed by atoms with Crippen LogP contribution in [0.15, 0.2) is 71.6 Å². The molecular weight excluding hydrogens is 420 g/mol. The molecule has 32 heavy (non-hydrogen) atoms. The van der Waals surface area contributed by atoms with E-state index in [0.717, 1.165) is 12.0 Å². The quantitative estimate of drug-likeness (QED) is 0.624. The molecule has 2 bridgehead atoms. The van der Waals surface area contributed by atoms with E-state index in [9.17, 15) is 13.2 Å². The molecule has 0 fully saturated rings. The molecule has 1 amide bonds. The molecule has 0 saturated heterocycles. The molecule has 0 aromatic heterocycles. The summed E-state index contributed by atoms with van der Waals surface area (Å²) in [6.45, 7) is 2.37. The Bertz CT molecular complexity index is 1270. The van der Waals surface area contributed by atoms with E-state index >= 15 is 0 Å². The van der Waals surface area contributed by atoms with E-state index in [2.05, 4.69) is 58.6 Å². The summed E-state index contributed by atoms with van der Waals surface area (Å²) < 4.78 is 26.6. The van der Waals surface area contributed by atoms with Gasteiger partial charge in [-0.25, -0.2) is 13.1 Å². The van der Waals surface area contributed by atoms with Crippen molar-refractivity contribution in [3.63, 3.8) is 0 Å². The van der Waals surface area contributed by atoms with Crippen molar-refractivity contribution >= 4 is 15.9 Å². The zero-order valence-corrected chi connectivity index (χ0v) is 18.9. The van der Waals surface area contributed by atoms with Crippen LogP contribution in [0, 0.1) is 12.8 Å². The number of nitrogens with one attached hydrogen (secondary N) is 2. The normalized spacial score (nSPS) is 21.0. The first-order valence-corrected chi connectivity index (χ1v) is 12.4. The number of aryl methyl sites for hydroxylation is 1. The minimum absolute atomic E-state index is 0.0929. The zero-order chi connectivity index (χ0) is 22.5. The summed E-state index contributed by atoms with van der Waals surface area (Å²) in [6, 6.07) is 21.9. The van der Waals surface area contributed by atoms with Crippen LogP contribution in [0.5, 0.6) is 0 Å². The first-order valence-electron chi connectivity index (χ1n) is 10.9. The van der Waals surface area contributed by atoms with Crippen LogP contribution in [-0.4, -0.2) is 27.9 Å². The molecular formula is C26H26N2O3S. The molecule has 0 radical (unpaired) electrons. The third-order valence-electron chi connectivity index (χ3n) is 6.98. The van der Waals surface area contributed by atoms with Crippen molar-refractivity contribution in [3.8, 4) is 0 Å². The van der Waals surface area contributed by atoms with Crippen LogP contribution < -0.4 is 10.0 Å². The second-order valence-corrected chi connectivity index (χ2v) is 10.6. The van der Waals surface area contributed by atoms with Crippen molar-refractivity contribution < 1.29 is 13.2 Å². The van der Waals surface area contributed by atoms with Gasteiger partial charge < -0.3 is 5.32 Å². The maximum atomic E-state index is 13.0. The number of benzene rings is 3. The fourth-order valence-corrected chi connectivity index (χ4v) is 6.17. The smallest absolute Gasteiger partial charge is 0.251 e. The van der Waals surface area contributed by atoms with Crippen LogP contribution in [0.1, 0.15) is 56.4 Å². The molecule has 6 heteroatoms. The fraction of sp³-hybridized carbons (Fsp3) is 0.269. The Morgan fingerprint density at radius 1 is 0.938 bits per heavy atom. The van der Waals surface area contributed by atoms with Crippen molar-refractivity contribution in [3.05, 3.63) is 100 Å². The monoisotopic (exact) mass is 446 g/mol. The van der Waals surface area contributed by atoms with E-state index < -0.39 is 10.0 Å². The molecule has 2 N–H and O–H groups in total. The summed E-state index contributed by atoms with van der Waals surface area (Å²) in [5.41, 5.74) is 6.67. The van der Waals surface area contributed by atoms with E-state index in [-0.39, 0.29) is 16.7 Å². The van der Waals surface area contributed by atoms with E-state index in [1.54, 1.807) is 6.07 Å². The number of carbonyl (C=O) groups is 1. The first-order chi connectivity index (χ1) is 15.4. The maximum Gasteiger partial charge on any atom is 0.251 e. The van der Waals surface area contributed by atoms with Crippen LogP contribution >= 0.6 is 0 Å². The van der Waals surface area contributed by atoms with Crippen LogP contribution in [0.3, 0.4) is 0 Å². The Morgan fingerprint density at radius 3 is 2.12 bits per heavy atom. The molecule has 3 aliphatic carbocycles. The number of rotatable bonds is 5. The van der Waals surface area contributed by atoms with Gasteiger partial charge in [-0.2, -0.15) is 0 Å². The Balaban J connectivity index is 1.41. The van der Waals surface area contributed by atoms with Crippen molar-refractivity contribution in [1.29, 1.82) is 0 Å².